The molecule has 1 saturated heterocycles. The normalized spacial score (nSPS) is 16.2. The molecule has 1 aromatic heterocycles. The van der Waals surface area contributed by atoms with Gasteiger partial charge in [-0.05, 0) is 24.3 Å². The molecule has 0 saturated carbocycles. The van der Waals surface area contributed by atoms with Crippen molar-refractivity contribution in [2.75, 3.05) is 31.1 Å². The van der Waals surface area contributed by atoms with E-state index in [1.165, 1.54) is 4.57 Å². The Labute approximate surface area is 143 Å². The third-order valence-corrected chi connectivity index (χ3v) is 4.92. The fourth-order valence-electron chi connectivity index (χ4n) is 3.74. The van der Waals surface area contributed by atoms with Gasteiger partial charge in [0, 0.05) is 26.2 Å². The largest absolute Gasteiger partial charge is 0.368 e. The van der Waals surface area contributed by atoms with Crippen molar-refractivity contribution >= 4 is 22.4 Å². The highest BCUT2D eigenvalue weighted by Crippen LogP contribution is 2.34. The van der Waals surface area contributed by atoms with Crippen LogP contribution in [0.1, 0.15) is 16.2 Å². The zero-order chi connectivity index (χ0) is 17.0. The van der Waals surface area contributed by atoms with Crippen molar-refractivity contribution in [3.05, 3.63) is 64.2 Å². The van der Waals surface area contributed by atoms with Crippen LogP contribution in [0.15, 0.2) is 47.3 Å². The molecule has 124 valence electrons. The average Bonchev–Trinajstić information content (AvgIpc) is 2.95. The molecule has 6 nitrogen and oxygen atoms in total. The summed E-state index contributed by atoms with van der Waals surface area (Å²) in [5, 5.41) is 3.84. The second-order valence-electron chi connectivity index (χ2n) is 6.33. The van der Waals surface area contributed by atoms with Crippen molar-refractivity contribution in [2.24, 2.45) is 0 Å². The van der Waals surface area contributed by atoms with Gasteiger partial charge in [0.1, 0.15) is 0 Å². The molecule has 1 N–H and O–H groups in total. The Morgan fingerprint density at radius 1 is 0.920 bits per heavy atom. The zero-order valence-corrected chi connectivity index (χ0v) is 13.5. The van der Waals surface area contributed by atoms with Gasteiger partial charge in [-0.2, -0.15) is 0 Å². The topological polar surface area (TPSA) is 67.2 Å². The van der Waals surface area contributed by atoms with Crippen LogP contribution in [0.4, 0.5) is 5.69 Å². The summed E-state index contributed by atoms with van der Waals surface area (Å²) < 4.78 is 1.46. The Morgan fingerprint density at radius 2 is 1.68 bits per heavy atom. The number of carbonyl (C=O) groups is 1. The predicted octanol–water partition coefficient (Wildman–Crippen LogP) is 1.34. The molecule has 0 atom stereocenters. The quantitative estimate of drug-likeness (QED) is 0.570. The molecular weight excluding hydrogens is 316 g/mol. The van der Waals surface area contributed by atoms with E-state index in [9.17, 15) is 9.59 Å². The highest BCUT2D eigenvalue weighted by molar-refractivity contribution is 6.16. The fourth-order valence-corrected chi connectivity index (χ4v) is 3.74. The lowest BCUT2D eigenvalue weighted by Gasteiger charge is -2.30. The fraction of sp³-hybridized carbons (Fsp3) is 0.211. The molecule has 5 rings (SSSR count). The minimum Gasteiger partial charge on any atom is -0.368 e. The van der Waals surface area contributed by atoms with Crippen LogP contribution in [-0.4, -0.2) is 41.5 Å². The first-order chi connectivity index (χ1) is 12.3. The van der Waals surface area contributed by atoms with Crippen LogP contribution in [0.3, 0.4) is 0 Å². The summed E-state index contributed by atoms with van der Waals surface area (Å²) in [6.07, 6.45) is 0. The van der Waals surface area contributed by atoms with Gasteiger partial charge in [-0.25, -0.2) is 4.98 Å². The van der Waals surface area contributed by atoms with Crippen LogP contribution in [0, 0.1) is 0 Å². The molecule has 25 heavy (non-hydrogen) atoms. The molecule has 6 heteroatoms. The number of aromatic nitrogens is 2. The average molecular weight is 332 g/mol. The van der Waals surface area contributed by atoms with Crippen LogP contribution in [0.25, 0.3) is 16.6 Å². The number of hydrogen-bond donors (Lipinski definition) is 1. The lowest BCUT2D eigenvalue weighted by Crippen LogP contribution is -2.44. The molecule has 0 aliphatic carbocycles. The molecule has 3 heterocycles. The Bertz CT molecular complexity index is 1080. The van der Waals surface area contributed by atoms with Gasteiger partial charge in [0.25, 0.3) is 5.56 Å². The molecule has 2 aromatic carbocycles. The van der Waals surface area contributed by atoms with Crippen molar-refractivity contribution in [1.29, 1.82) is 0 Å². The summed E-state index contributed by atoms with van der Waals surface area (Å²) in [7, 11) is 0. The maximum atomic E-state index is 13.1. The van der Waals surface area contributed by atoms with E-state index < -0.39 is 0 Å². The Kier molecular flexibility index (Phi) is 3.02. The Balaban J connectivity index is 1.78. The van der Waals surface area contributed by atoms with E-state index in [1.54, 1.807) is 12.1 Å². The van der Waals surface area contributed by atoms with Crippen LogP contribution >= 0.6 is 0 Å². The van der Waals surface area contributed by atoms with Gasteiger partial charge in [-0.3, -0.25) is 14.2 Å². The van der Waals surface area contributed by atoms with Crippen molar-refractivity contribution < 1.29 is 4.79 Å². The summed E-state index contributed by atoms with van der Waals surface area (Å²) in [5.74, 6) is 0.0354. The zero-order valence-electron chi connectivity index (χ0n) is 13.5. The van der Waals surface area contributed by atoms with Gasteiger partial charge in [-0.1, -0.05) is 18.2 Å². The third kappa shape index (κ3) is 1.97. The molecule has 0 radical (unpaired) electrons. The molecule has 0 amide bonds. The number of piperazine rings is 1. The summed E-state index contributed by atoms with van der Waals surface area (Å²) in [6, 6.07) is 12.8. The number of hydrogen-bond acceptors (Lipinski definition) is 5. The molecule has 3 aromatic rings. The summed E-state index contributed by atoms with van der Waals surface area (Å²) in [4.78, 5) is 32.7. The number of nitrogens with one attached hydrogen (secondary N) is 1. The molecule has 0 unspecified atom stereocenters. The predicted molar refractivity (Wildman–Crippen MR) is 95.9 cm³/mol. The first-order valence-electron chi connectivity index (χ1n) is 8.41. The minimum absolute atomic E-state index is 0.174. The van der Waals surface area contributed by atoms with Crippen LogP contribution in [-0.2, 0) is 0 Å². The number of anilines is 1. The van der Waals surface area contributed by atoms with Crippen LogP contribution in [0.5, 0.6) is 0 Å². The molecule has 2 aliphatic rings. The third-order valence-electron chi connectivity index (χ3n) is 4.92. The minimum atomic E-state index is -0.190. The monoisotopic (exact) mass is 332 g/mol. The number of nitrogens with zero attached hydrogens (tertiary/aromatic N) is 3. The van der Waals surface area contributed by atoms with E-state index in [1.807, 2.05) is 30.3 Å². The van der Waals surface area contributed by atoms with Gasteiger partial charge in [0.2, 0.25) is 5.78 Å². The first-order valence-corrected chi connectivity index (χ1v) is 8.41. The van der Waals surface area contributed by atoms with E-state index in [-0.39, 0.29) is 17.2 Å². The molecule has 1 fully saturated rings. The Morgan fingerprint density at radius 3 is 2.52 bits per heavy atom. The smallest absolute Gasteiger partial charge is 0.266 e. The SMILES string of the molecule is O=C1c2c(N3CCNCC3)cccc2-n2c1nc1ccccc1c2=O. The van der Waals surface area contributed by atoms with E-state index in [0.717, 1.165) is 31.9 Å². The highest BCUT2D eigenvalue weighted by atomic mass is 16.1. The van der Waals surface area contributed by atoms with Gasteiger partial charge >= 0.3 is 0 Å². The van der Waals surface area contributed by atoms with E-state index in [0.29, 0.717) is 22.2 Å². The van der Waals surface area contributed by atoms with Crippen molar-refractivity contribution in [3.63, 3.8) is 0 Å². The molecule has 0 bridgehead atoms. The number of benzene rings is 2. The van der Waals surface area contributed by atoms with Crippen molar-refractivity contribution in [2.45, 2.75) is 0 Å². The maximum Gasteiger partial charge on any atom is 0.266 e. The first kappa shape index (κ1) is 14.4. The number of rotatable bonds is 1. The van der Waals surface area contributed by atoms with Crippen molar-refractivity contribution in [1.82, 2.24) is 14.9 Å². The highest BCUT2D eigenvalue weighted by Gasteiger charge is 2.34. The number of para-hydroxylation sites is 1. The standard InChI is InChI=1S/C19H16N4O2/c24-17-16-14(22-10-8-20-9-11-22)6-3-7-15(16)23-18(17)21-13-5-2-1-4-12(13)19(23)25/h1-7,20H,8-11H2. The van der Waals surface area contributed by atoms with E-state index in [4.69, 9.17) is 0 Å². The number of carbonyl (C=O) groups excluding carboxylic acids is 1. The summed E-state index contributed by atoms with van der Waals surface area (Å²) in [6.45, 7) is 3.44. The summed E-state index contributed by atoms with van der Waals surface area (Å²) >= 11 is 0. The molecular formula is C19H16N4O2. The lowest BCUT2D eigenvalue weighted by molar-refractivity contribution is 0.103. The van der Waals surface area contributed by atoms with Gasteiger partial charge in [0.15, 0.2) is 5.82 Å². The van der Waals surface area contributed by atoms with E-state index >= 15 is 0 Å². The number of ketones is 1. The number of fused-ring (bicyclic) bond motifs is 4. The lowest BCUT2D eigenvalue weighted by atomic mass is 10.1. The second-order valence-corrected chi connectivity index (χ2v) is 6.33. The second kappa shape index (κ2) is 5.26. The van der Waals surface area contributed by atoms with Gasteiger partial charge < -0.3 is 10.2 Å². The maximum absolute atomic E-state index is 13.1. The van der Waals surface area contributed by atoms with Gasteiger partial charge in [-0.15, -0.1) is 0 Å². The van der Waals surface area contributed by atoms with Crippen molar-refractivity contribution in [3.8, 4) is 5.69 Å². The molecule has 2 aliphatic heterocycles. The Hall–Kier alpha value is -2.99. The van der Waals surface area contributed by atoms with Crippen LogP contribution in [0.2, 0.25) is 0 Å². The summed E-state index contributed by atoms with van der Waals surface area (Å²) in [5.41, 5.74) is 2.48. The van der Waals surface area contributed by atoms with Gasteiger partial charge in [0.05, 0.1) is 27.8 Å². The van der Waals surface area contributed by atoms with Crippen LogP contribution < -0.4 is 15.8 Å². The molecule has 0 spiro atoms. The van der Waals surface area contributed by atoms with E-state index in [2.05, 4.69) is 15.2 Å².